The summed E-state index contributed by atoms with van der Waals surface area (Å²) in [4.78, 5) is 0. The Kier molecular flexibility index (Phi) is 13.2. The lowest BCUT2D eigenvalue weighted by Crippen LogP contribution is -2.35. The van der Waals surface area contributed by atoms with Crippen LogP contribution in [0.3, 0.4) is 0 Å². The molecule has 0 saturated heterocycles. The van der Waals surface area contributed by atoms with E-state index in [2.05, 4.69) is 26.9 Å². The molecule has 0 unspecified atom stereocenters. The minimum absolute atomic E-state index is 0.879. The van der Waals surface area contributed by atoms with Gasteiger partial charge >= 0.3 is 8.56 Å². The summed E-state index contributed by atoms with van der Waals surface area (Å²) >= 11 is 0. The molecule has 0 atom stereocenters. The molecule has 0 rings (SSSR count). The van der Waals surface area contributed by atoms with E-state index in [1.165, 1.54) is 64.2 Å². The van der Waals surface area contributed by atoms with E-state index in [9.17, 15) is 0 Å². The van der Waals surface area contributed by atoms with Gasteiger partial charge in [-0.1, -0.05) is 65.2 Å². The third kappa shape index (κ3) is 14.4. The second-order valence-electron chi connectivity index (χ2n) is 5.93. The Morgan fingerprint density at radius 1 is 0.579 bits per heavy atom. The summed E-state index contributed by atoms with van der Waals surface area (Å²) < 4.78 is 11.9. The highest BCUT2D eigenvalue weighted by Crippen LogP contribution is 2.11. The highest BCUT2D eigenvalue weighted by Gasteiger charge is 2.23. The average Bonchev–Trinajstić information content (AvgIpc) is 2.38. The van der Waals surface area contributed by atoms with E-state index in [1.807, 2.05) is 0 Å². The molecule has 0 heterocycles. The highest BCUT2D eigenvalue weighted by atomic mass is 28.4. The number of rotatable bonds is 14. The van der Waals surface area contributed by atoms with Crippen molar-refractivity contribution in [2.45, 2.75) is 91.1 Å². The molecule has 0 aliphatic carbocycles. The van der Waals surface area contributed by atoms with Crippen LogP contribution in [0.4, 0.5) is 0 Å². The zero-order chi connectivity index (χ0) is 14.4. The van der Waals surface area contributed by atoms with Gasteiger partial charge in [0.25, 0.3) is 0 Å². The zero-order valence-electron chi connectivity index (χ0n) is 13.8. The molecule has 0 radical (unpaired) electrons. The maximum Gasteiger partial charge on any atom is 0.331 e. The van der Waals surface area contributed by atoms with E-state index < -0.39 is 8.56 Å². The number of unbranched alkanes of at least 4 members (excludes halogenated alkanes) is 8. The summed E-state index contributed by atoms with van der Waals surface area (Å²) in [7, 11) is -1.83. The second kappa shape index (κ2) is 13.1. The van der Waals surface area contributed by atoms with E-state index in [4.69, 9.17) is 8.85 Å². The normalized spacial score (nSPS) is 12.0. The molecule has 3 heteroatoms. The minimum Gasteiger partial charge on any atom is -0.395 e. The Morgan fingerprint density at radius 2 is 0.947 bits per heavy atom. The van der Waals surface area contributed by atoms with Gasteiger partial charge in [0.1, 0.15) is 0 Å². The number of hydrogen-bond donors (Lipinski definition) is 0. The highest BCUT2D eigenvalue weighted by molar-refractivity contribution is 6.64. The van der Waals surface area contributed by atoms with Crippen molar-refractivity contribution in [1.82, 2.24) is 0 Å². The summed E-state index contributed by atoms with van der Waals surface area (Å²) in [6, 6.07) is 0. The van der Waals surface area contributed by atoms with Gasteiger partial charge in [-0.2, -0.15) is 0 Å². The number of hydrogen-bond acceptors (Lipinski definition) is 2. The predicted molar refractivity (Wildman–Crippen MR) is 86.9 cm³/mol. The summed E-state index contributed by atoms with van der Waals surface area (Å²) in [5.41, 5.74) is 0. The van der Waals surface area contributed by atoms with Crippen LogP contribution >= 0.6 is 0 Å². The van der Waals surface area contributed by atoms with Crippen LogP contribution in [0.2, 0.25) is 13.1 Å². The Labute approximate surface area is 122 Å². The lowest BCUT2D eigenvalue weighted by molar-refractivity contribution is 0.173. The Hall–Kier alpha value is 0.137. The summed E-state index contributed by atoms with van der Waals surface area (Å²) in [6.45, 7) is 10.6. The van der Waals surface area contributed by atoms with Crippen LogP contribution in [0, 0.1) is 0 Å². The van der Waals surface area contributed by atoms with Crippen molar-refractivity contribution in [2.24, 2.45) is 0 Å². The van der Waals surface area contributed by atoms with E-state index in [0.717, 1.165) is 13.2 Å². The monoisotopic (exact) mass is 288 g/mol. The van der Waals surface area contributed by atoms with Crippen LogP contribution in [0.1, 0.15) is 78.1 Å². The van der Waals surface area contributed by atoms with Crippen LogP contribution in [0.25, 0.3) is 0 Å². The lowest BCUT2D eigenvalue weighted by atomic mass is 10.1. The fourth-order valence-corrected chi connectivity index (χ4v) is 3.44. The summed E-state index contributed by atoms with van der Waals surface area (Å²) in [6.07, 6.45) is 13.1. The van der Waals surface area contributed by atoms with Crippen molar-refractivity contribution in [2.75, 3.05) is 13.2 Å². The van der Waals surface area contributed by atoms with Crippen molar-refractivity contribution in [3.63, 3.8) is 0 Å². The molecule has 0 saturated carbocycles. The summed E-state index contributed by atoms with van der Waals surface area (Å²) in [5.74, 6) is 0. The fourth-order valence-electron chi connectivity index (χ4n) is 2.09. The van der Waals surface area contributed by atoms with Crippen LogP contribution < -0.4 is 0 Å². The van der Waals surface area contributed by atoms with Crippen LogP contribution in [-0.2, 0) is 8.85 Å². The third-order valence-corrected chi connectivity index (χ3v) is 5.19. The molecule has 2 nitrogen and oxygen atoms in total. The molecule has 19 heavy (non-hydrogen) atoms. The van der Waals surface area contributed by atoms with Gasteiger partial charge in [-0.25, -0.2) is 0 Å². The zero-order valence-corrected chi connectivity index (χ0v) is 14.8. The van der Waals surface area contributed by atoms with Gasteiger partial charge in [-0.3, -0.25) is 0 Å². The van der Waals surface area contributed by atoms with Crippen LogP contribution in [0.5, 0.6) is 0 Å². The Bertz CT molecular complexity index is 184. The topological polar surface area (TPSA) is 18.5 Å². The van der Waals surface area contributed by atoms with Gasteiger partial charge in [0.05, 0.1) is 0 Å². The molecule has 0 aromatic rings. The van der Waals surface area contributed by atoms with E-state index in [1.54, 1.807) is 0 Å². The average molecular weight is 289 g/mol. The smallest absolute Gasteiger partial charge is 0.331 e. The Morgan fingerprint density at radius 3 is 1.47 bits per heavy atom. The van der Waals surface area contributed by atoms with Gasteiger partial charge in [-0.05, 0) is 25.9 Å². The SMILES string of the molecule is CCCCCCCCCO[Si](C)(C)OCCCCC. The van der Waals surface area contributed by atoms with Crippen molar-refractivity contribution < 1.29 is 8.85 Å². The molecule has 0 fully saturated rings. The van der Waals surface area contributed by atoms with Crippen molar-refractivity contribution >= 4 is 8.56 Å². The van der Waals surface area contributed by atoms with Crippen LogP contribution in [0.15, 0.2) is 0 Å². The first-order chi connectivity index (χ1) is 9.12. The van der Waals surface area contributed by atoms with Gasteiger partial charge in [0.2, 0.25) is 0 Å². The molecule has 0 bridgehead atoms. The van der Waals surface area contributed by atoms with E-state index in [-0.39, 0.29) is 0 Å². The standard InChI is InChI=1S/C16H36O2Si/c1-5-7-9-10-11-12-14-16-18-19(3,4)17-15-13-8-6-2/h5-16H2,1-4H3. The van der Waals surface area contributed by atoms with Gasteiger partial charge < -0.3 is 8.85 Å². The molecule has 0 aliphatic rings. The molecule has 0 spiro atoms. The third-order valence-electron chi connectivity index (χ3n) is 3.40. The largest absolute Gasteiger partial charge is 0.395 e. The quantitative estimate of drug-likeness (QED) is 0.303. The molecule has 116 valence electrons. The maximum atomic E-state index is 5.95. The second-order valence-corrected chi connectivity index (χ2v) is 9.30. The molecular weight excluding hydrogens is 252 g/mol. The first-order valence-corrected chi connectivity index (χ1v) is 11.2. The molecule has 0 amide bonds. The summed E-state index contributed by atoms with van der Waals surface area (Å²) in [5, 5.41) is 0. The first-order valence-electron chi connectivity index (χ1n) is 8.40. The Balaban J connectivity index is 3.32. The van der Waals surface area contributed by atoms with Crippen molar-refractivity contribution in [1.29, 1.82) is 0 Å². The van der Waals surface area contributed by atoms with Gasteiger partial charge in [0.15, 0.2) is 0 Å². The predicted octanol–water partition coefficient (Wildman–Crippen LogP) is 5.66. The van der Waals surface area contributed by atoms with E-state index in [0.29, 0.717) is 0 Å². The van der Waals surface area contributed by atoms with Gasteiger partial charge in [0, 0.05) is 13.2 Å². The first kappa shape index (κ1) is 19.1. The van der Waals surface area contributed by atoms with Crippen molar-refractivity contribution in [3.05, 3.63) is 0 Å². The minimum atomic E-state index is -1.83. The lowest BCUT2D eigenvalue weighted by Gasteiger charge is -2.22. The van der Waals surface area contributed by atoms with Crippen molar-refractivity contribution in [3.8, 4) is 0 Å². The molecule has 0 aromatic carbocycles. The fraction of sp³-hybridized carbons (Fsp3) is 1.00. The van der Waals surface area contributed by atoms with Gasteiger partial charge in [-0.15, -0.1) is 0 Å². The molecule has 0 N–H and O–H groups in total. The maximum absolute atomic E-state index is 5.95. The molecular formula is C16H36O2Si. The molecule has 0 aliphatic heterocycles. The molecule has 0 aromatic heterocycles. The van der Waals surface area contributed by atoms with E-state index >= 15 is 0 Å². The van der Waals surface area contributed by atoms with Crippen LogP contribution in [-0.4, -0.2) is 21.8 Å².